The number of nitrogens with one attached hydrogen (secondary N) is 1. The van der Waals surface area contributed by atoms with Gasteiger partial charge < -0.3 is 14.4 Å². The summed E-state index contributed by atoms with van der Waals surface area (Å²) in [6.07, 6.45) is 4.44. The number of rotatable bonds is 2. The van der Waals surface area contributed by atoms with Gasteiger partial charge in [-0.3, -0.25) is 0 Å². The van der Waals surface area contributed by atoms with Crippen molar-refractivity contribution in [3.05, 3.63) is 53.7 Å². The first-order valence-electron chi connectivity index (χ1n) is 6.93. The maximum atomic E-state index is 5.42. The van der Waals surface area contributed by atoms with E-state index in [1.165, 1.54) is 11.1 Å². The van der Waals surface area contributed by atoms with Crippen LogP contribution >= 0.6 is 0 Å². The lowest BCUT2D eigenvalue weighted by Gasteiger charge is -2.23. The van der Waals surface area contributed by atoms with Crippen LogP contribution in [-0.2, 0) is 20.0 Å². The molecule has 1 aromatic carbocycles. The van der Waals surface area contributed by atoms with Gasteiger partial charge in [-0.25, -0.2) is 4.98 Å². The summed E-state index contributed by atoms with van der Waals surface area (Å²) in [6.45, 7) is 0.820. The number of aromatic nitrogens is 4. The molecule has 1 atom stereocenters. The Morgan fingerprint density at radius 1 is 1.29 bits per heavy atom. The fourth-order valence-electron chi connectivity index (χ4n) is 2.68. The van der Waals surface area contributed by atoms with Crippen LogP contribution in [0.25, 0.3) is 11.6 Å². The number of imidazole rings is 1. The molecule has 3 heterocycles. The van der Waals surface area contributed by atoms with E-state index >= 15 is 0 Å². The lowest BCUT2D eigenvalue weighted by molar-refractivity contribution is 0.321. The Bertz CT molecular complexity index is 776. The second kappa shape index (κ2) is 4.82. The van der Waals surface area contributed by atoms with Gasteiger partial charge in [-0.2, -0.15) is 4.98 Å². The van der Waals surface area contributed by atoms with E-state index in [1.807, 2.05) is 17.8 Å². The lowest BCUT2D eigenvalue weighted by atomic mass is 9.96. The van der Waals surface area contributed by atoms with Crippen molar-refractivity contribution in [3.8, 4) is 11.6 Å². The lowest BCUT2D eigenvalue weighted by Crippen LogP contribution is -2.28. The van der Waals surface area contributed by atoms with E-state index in [1.54, 1.807) is 6.20 Å². The van der Waals surface area contributed by atoms with Gasteiger partial charge in [0, 0.05) is 26.0 Å². The van der Waals surface area contributed by atoms with Crippen LogP contribution in [-0.4, -0.2) is 19.7 Å². The first-order chi connectivity index (χ1) is 10.3. The van der Waals surface area contributed by atoms with E-state index in [4.69, 9.17) is 4.52 Å². The molecule has 6 nitrogen and oxygen atoms in total. The molecule has 0 aliphatic carbocycles. The molecule has 21 heavy (non-hydrogen) atoms. The molecule has 4 rings (SSSR count). The minimum absolute atomic E-state index is 0.0569. The van der Waals surface area contributed by atoms with Crippen LogP contribution in [0.3, 0.4) is 0 Å². The normalized spacial score (nSPS) is 17.7. The molecule has 6 heteroatoms. The molecule has 0 unspecified atom stereocenters. The van der Waals surface area contributed by atoms with Gasteiger partial charge in [-0.15, -0.1) is 0 Å². The third-order valence-electron chi connectivity index (χ3n) is 3.84. The summed E-state index contributed by atoms with van der Waals surface area (Å²) in [4.78, 5) is 8.72. The van der Waals surface area contributed by atoms with Gasteiger partial charge >= 0.3 is 0 Å². The van der Waals surface area contributed by atoms with Crippen LogP contribution in [0, 0.1) is 0 Å². The number of nitrogens with zero attached hydrogens (tertiary/aromatic N) is 4. The third kappa shape index (κ3) is 2.13. The van der Waals surface area contributed by atoms with Crippen molar-refractivity contribution in [1.29, 1.82) is 0 Å². The van der Waals surface area contributed by atoms with Crippen LogP contribution < -0.4 is 5.32 Å². The fraction of sp³-hybridized carbons (Fsp3) is 0.267. The predicted octanol–water partition coefficient (Wildman–Crippen LogP) is 1.86. The number of hydrogen-bond acceptors (Lipinski definition) is 5. The Hall–Kier alpha value is -2.47. The molecule has 0 saturated carbocycles. The zero-order chi connectivity index (χ0) is 14.2. The highest BCUT2D eigenvalue weighted by molar-refractivity contribution is 5.42. The molecule has 0 amide bonds. The SMILES string of the molecule is Cn1ccnc1-c1noc([C@@H]2Cc3ccccc3CN2)n1. The summed E-state index contributed by atoms with van der Waals surface area (Å²) >= 11 is 0. The Morgan fingerprint density at radius 3 is 2.95 bits per heavy atom. The highest BCUT2D eigenvalue weighted by Gasteiger charge is 2.25. The first kappa shape index (κ1) is 12.3. The molecule has 0 bridgehead atoms. The molecule has 0 fully saturated rings. The molecule has 2 aromatic heterocycles. The quantitative estimate of drug-likeness (QED) is 0.776. The maximum Gasteiger partial charge on any atom is 0.244 e. The topological polar surface area (TPSA) is 68.8 Å². The summed E-state index contributed by atoms with van der Waals surface area (Å²) in [6, 6.07) is 8.48. The zero-order valence-corrected chi connectivity index (χ0v) is 11.7. The molecule has 0 saturated heterocycles. The molecule has 1 aliphatic heterocycles. The van der Waals surface area contributed by atoms with E-state index < -0.39 is 0 Å². The number of fused-ring (bicyclic) bond motifs is 1. The summed E-state index contributed by atoms with van der Waals surface area (Å²) < 4.78 is 7.29. The van der Waals surface area contributed by atoms with Gasteiger partial charge in [0.05, 0.1) is 6.04 Å². The van der Waals surface area contributed by atoms with E-state index in [2.05, 4.69) is 44.7 Å². The van der Waals surface area contributed by atoms with E-state index in [9.17, 15) is 0 Å². The second-order valence-electron chi connectivity index (χ2n) is 5.22. The van der Waals surface area contributed by atoms with Crippen molar-refractivity contribution in [1.82, 2.24) is 25.0 Å². The van der Waals surface area contributed by atoms with Gasteiger partial charge in [0.2, 0.25) is 11.7 Å². The molecule has 0 radical (unpaired) electrons. The summed E-state index contributed by atoms with van der Waals surface area (Å²) in [5, 5.41) is 7.48. The molecular weight excluding hydrogens is 266 g/mol. The molecular formula is C15H15N5O. The molecule has 1 aliphatic rings. The average Bonchev–Trinajstić information content (AvgIpc) is 3.15. The van der Waals surface area contributed by atoms with E-state index in [-0.39, 0.29) is 6.04 Å². The summed E-state index contributed by atoms with van der Waals surface area (Å²) in [5.74, 6) is 1.85. The van der Waals surface area contributed by atoms with E-state index in [0.717, 1.165) is 13.0 Å². The standard InChI is InChI=1S/C15H15N5O/c1-20-7-6-16-14(20)13-18-15(21-19-13)12-8-10-4-2-3-5-11(10)9-17-12/h2-7,12,17H,8-9H2,1H3/t12-/m0/s1. The first-order valence-corrected chi connectivity index (χ1v) is 6.93. The number of benzene rings is 1. The smallest absolute Gasteiger partial charge is 0.244 e. The molecule has 0 spiro atoms. The highest BCUT2D eigenvalue weighted by atomic mass is 16.5. The van der Waals surface area contributed by atoms with Crippen LogP contribution in [0.4, 0.5) is 0 Å². The zero-order valence-electron chi connectivity index (χ0n) is 11.7. The van der Waals surface area contributed by atoms with Gasteiger partial charge in [0.1, 0.15) is 0 Å². The number of hydrogen-bond donors (Lipinski definition) is 1. The monoisotopic (exact) mass is 281 g/mol. The highest BCUT2D eigenvalue weighted by Crippen LogP contribution is 2.25. The Labute approximate surface area is 121 Å². The molecule has 1 N–H and O–H groups in total. The predicted molar refractivity (Wildman–Crippen MR) is 76.2 cm³/mol. The minimum atomic E-state index is 0.0569. The van der Waals surface area contributed by atoms with Crippen LogP contribution in [0.5, 0.6) is 0 Å². The van der Waals surface area contributed by atoms with Crippen molar-refractivity contribution < 1.29 is 4.52 Å². The van der Waals surface area contributed by atoms with Gasteiger partial charge in [-0.1, -0.05) is 29.4 Å². The summed E-state index contributed by atoms with van der Waals surface area (Å²) in [5.41, 5.74) is 2.66. The van der Waals surface area contributed by atoms with Crippen molar-refractivity contribution in [2.75, 3.05) is 0 Å². The Balaban J connectivity index is 1.61. The van der Waals surface area contributed by atoms with Crippen molar-refractivity contribution in [2.24, 2.45) is 7.05 Å². The summed E-state index contributed by atoms with van der Waals surface area (Å²) in [7, 11) is 1.91. The number of aryl methyl sites for hydroxylation is 1. The molecule has 106 valence electrons. The van der Waals surface area contributed by atoms with Crippen molar-refractivity contribution in [3.63, 3.8) is 0 Å². The third-order valence-corrected chi connectivity index (χ3v) is 3.84. The maximum absolute atomic E-state index is 5.42. The second-order valence-corrected chi connectivity index (χ2v) is 5.22. The minimum Gasteiger partial charge on any atom is -0.337 e. The Kier molecular flexibility index (Phi) is 2.82. The van der Waals surface area contributed by atoms with Crippen LogP contribution in [0.2, 0.25) is 0 Å². The fourth-order valence-corrected chi connectivity index (χ4v) is 2.68. The van der Waals surface area contributed by atoms with E-state index in [0.29, 0.717) is 17.5 Å². The van der Waals surface area contributed by atoms with Crippen molar-refractivity contribution in [2.45, 2.75) is 19.0 Å². The van der Waals surface area contributed by atoms with Gasteiger partial charge in [0.25, 0.3) is 0 Å². The van der Waals surface area contributed by atoms with Crippen LogP contribution in [0.15, 0.2) is 41.2 Å². The van der Waals surface area contributed by atoms with Gasteiger partial charge in [0.15, 0.2) is 5.82 Å². The Morgan fingerprint density at radius 2 is 2.14 bits per heavy atom. The van der Waals surface area contributed by atoms with Crippen molar-refractivity contribution >= 4 is 0 Å². The average molecular weight is 281 g/mol. The molecule has 3 aromatic rings. The van der Waals surface area contributed by atoms with Gasteiger partial charge in [-0.05, 0) is 17.5 Å². The largest absolute Gasteiger partial charge is 0.337 e. The van der Waals surface area contributed by atoms with Crippen LogP contribution in [0.1, 0.15) is 23.1 Å².